The van der Waals surface area contributed by atoms with Gasteiger partial charge in [0, 0.05) is 39.1 Å². The number of benzene rings is 2. The summed E-state index contributed by atoms with van der Waals surface area (Å²) in [4.78, 5) is 2.49. The maximum absolute atomic E-state index is 6.09. The Bertz CT molecular complexity index is 616. The summed E-state index contributed by atoms with van der Waals surface area (Å²) in [6.45, 7) is 6.13. The minimum atomic E-state index is 0. The number of rotatable bonds is 6. The molecule has 0 saturated carbocycles. The molecule has 3 nitrogen and oxygen atoms in total. The van der Waals surface area contributed by atoms with Gasteiger partial charge in [-0.05, 0) is 23.3 Å². The first-order chi connectivity index (χ1) is 11.3. The second kappa shape index (κ2) is 11.6. The number of hydrogen-bond donors (Lipinski definition) is 1. The molecule has 0 atom stereocenters. The lowest BCUT2D eigenvalue weighted by atomic mass is 10.1. The Morgan fingerprint density at radius 2 is 1.56 bits per heavy atom. The molecule has 0 unspecified atom stereocenters. The smallest absolute Gasteiger partial charge is 0.137 e. The van der Waals surface area contributed by atoms with Crippen molar-refractivity contribution in [2.75, 3.05) is 32.8 Å². The third-order valence-corrected chi connectivity index (χ3v) is 4.44. The zero-order valence-electron chi connectivity index (χ0n) is 14.1. The summed E-state index contributed by atoms with van der Waals surface area (Å²) >= 11 is 6.09. The van der Waals surface area contributed by atoms with Gasteiger partial charge in [-0.3, -0.25) is 4.90 Å². The Labute approximate surface area is 167 Å². The van der Waals surface area contributed by atoms with E-state index in [1.807, 2.05) is 24.3 Å². The molecule has 0 aromatic heterocycles. The van der Waals surface area contributed by atoms with Gasteiger partial charge in [-0.2, -0.15) is 0 Å². The predicted molar refractivity (Wildman–Crippen MR) is 110 cm³/mol. The van der Waals surface area contributed by atoms with Gasteiger partial charge in [0.05, 0.1) is 11.6 Å². The van der Waals surface area contributed by atoms with Gasteiger partial charge in [0.15, 0.2) is 0 Å². The molecule has 2 aromatic rings. The van der Waals surface area contributed by atoms with Crippen LogP contribution in [0.1, 0.15) is 11.1 Å². The summed E-state index contributed by atoms with van der Waals surface area (Å²) < 4.78 is 5.75. The van der Waals surface area contributed by atoms with Gasteiger partial charge in [0.25, 0.3) is 0 Å². The molecule has 1 heterocycles. The van der Waals surface area contributed by atoms with Crippen molar-refractivity contribution in [3.05, 3.63) is 64.7 Å². The maximum Gasteiger partial charge on any atom is 0.137 e. The summed E-state index contributed by atoms with van der Waals surface area (Å²) in [5, 5.41) is 4.05. The summed E-state index contributed by atoms with van der Waals surface area (Å²) in [6, 6.07) is 16.5. The molecule has 2 aromatic carbocycles. The molecule has 1 aliphatic rings. The molecule has 1 saturated heterocycles. The SMILES string of the molecule is Cl.Cl.Clc1ccccc1OCCc1ccc(CN2CCNCC2)cc1. The van der Waals surface area contributed by atoms with Crippen molar-refractivity contribution in [1.82, 2.24) is 10.2 Å². The largest absolute Gasteiger partial charge is 0.492 e. The average Bonchev–Trinajstić information content (AvgIpc) is 2.59. The van der Waals surface area contributed by atoms with Gasteiger partial charge in [-0.25, -0.2) is 0 Å². The molecular weight excluding hydrogens is 379 g/mol. The Morgan fingerprint density at radius 3 is 2.24 bits per heavy atom. The molecule has 1 aliphatic heterocycles. The lowest BCUT2D eigenvalue weighted by Gasteiger charge is -2.27. The van der Waals surface area contributed by atoms with E-state index in [4.69, 9.17) is 16.3 Å². The summed E-state index contributed by atoms with van der Waals surface area (Å²) in [5.41, 5.74) is 2.67. The van der Waals surface area contributed by atoms with Crippen LogP contribution in [0.2, 0.25) is 5.02 Å². The van der Waals surface area contributed by atoms with E-state index in [9.17, 15) is 0 Å². The number of para-hydroxylation sites is 1. The van der Waals surface area contributed by atoms with Crippen LogP contribution in [0.5, 0.6) is 5.75 Å². The topological polar surface area (TPSA) is 24.5 Å². The van der Waals surface area contributed by atoms with Gasteiger partial charge < -0.3 is 10.1 Å². The first-order valence-corrected chi connectivity index (χ1v) is 8.57. The fraction of sp³-hybridized carbons (Fsp3) is 0.368. The van der Waals surface area contributed by atoms with E-state index >= 15 is 0 Å². The fourth-order valence-corrected chi connectivity index (χ4v) is 2.97. The molecule has 6 heteroatoms. The van der Waals surface area contributed by atoms with Crippen LogP contribution < -0.4 is 10.1 Å². The van der Waals surface area contributed by atoms with E-state index in [1.165, 1.54) is 11.1 Å². The molecule has 25 heavy (non-hydrogen) atoms. The zero-order chi connectivity index (χ0) is 15.9. The zero-order valence-corrected chi connectivity index (χ0v) is 16.5. The van der Waals surface area contributed by atoms with Crippen molar-refractivity contribution >= 4 is 36.4 Å². The third-order valence-electron chi connectivity index (χ3n) is 4.12. The van der Waals surface area contributed by atoms with Crippen molar-refractivity contribution in [2.24, 2.45) is 0 Å². The lowest BCUT2D eigenvalue weighted by molar-refractivity contribution is 0.233. The van der Waals surface area contributed by atoms with Crippen LogP contribution in [0.25, 0.3) is 0 Å². The first-order valence-electron chi connectivity index (χ1n) is 8.19. The van der Waals surface area contributed by atoms with Crippen LogP contribution in [0.15, 0.2) is 48.5 Å². The molecule has 0 radical (unpaired) electrons. The molecule has 0 spiro atoms. The van der Waals surface area contributed by atoms with E-state index in [0.717, 1.165) is 44.9 Å². The molecule has 1 N–H and O–H groups in total. The molecule has 1 fully saturated rings. The molecule has 138 valence electrons. The molecule has 0 aliphatic carbocycles. The monoisotopic (exact) mass is 402 g/mol. The summed E-state index contributed by atoms with van der Waals surface area (Å²) in [5.74, 6) is 0.754. The van der Waals surface area contributed by atoms with Crippen molar-refractivity contribution in [3.63, 3.8) is 0 Å². The summed E-state index contributed by atoms with van der Waals surface area (Å²) in [6.07, 6.45) is 0.888. The molecule has 0 amide bonds. The van der Waals surface area contributed by atoms with Crippen LogP contribution in [-0.4, -0.2) is 37.7 Å². The number of piperazine rings is 1. The Kier molecular flexibility index (Phi) is 10.2. The van der Waals surface area contributed by atoms with Gasteiger partial charge in [-0.15, -0.1) is 24.8 Å². The summed E-state index contributed by atoms with van der Waals surface area (Å²) in [7, 11) is 0. The Morgan fingerprint density at radius 1 is 0.920 bits per heavy atom. The Balaban J connectivity index is 0.00000156. The highest BCUT2D eigenvalue weighted by Gasteiger charge is 2.09. The lowest BCUT2D eigenvalue weighted by Crippen LogP contribution is -2.42. The van der Waals surface area contributed by atoms with Crippen LogP contribution in [0, 0.1) is 0 Å². The maximum atomic E-state index is 6.09. The average molecular weight is 404 g/mol. The molecular formula is C19H25Cl3N2O. The van der Waals surface area contributed by atoms with E-state index in [0.29, 0.717) is 11.6 Å². The number of ether oxygens (including phenoxy) is 1. The van der Waals surface area contributed by atoms with Gasteiger partial charge in [0.1, 0.15) is 5.75 Å². The molecule has 3 rings (SSSR count). The second-order valence-electron chi connectivity index (χ2n) is 5.87. The van der Waals surface area contributed by atoms with Gasteiger partial charge >= 0.3 is 0 Å². The predicted octanol–water partition coefficient (Wildman–Crippen LogP) is 4.21. The van der Waals surface area contributed by atoms with Crippen LogP contribution in [-0.2, 0) is 13.0 Å². The molecule has 0 bridgehead atoms. The first kappa shape index (κ1) is 22.1. The Hall–Kier alpha value is -0.970. The number of nitrogens with zero attached hydrogens (tertiary/aromatic N) is 1. The minimum Gasteiger partial charge on any atom is -0.492 e. The minimum absolute atomic E-state index is 0. The third kappa shape index (κ3) is 7.04. The standard InChI is InChI=1S/C19H23ClN2O.2ClH/c20-18-3-1-2-4-19(18)23-14-9-16-5-7-17(8-6-16)15-22-12-10-21-11-13-22;;/h1-8,21H,9-15H2;2*1H. The van der Waals surface area contributed by atoms with E-state index in [2.05, 4.69) is 34.5 Å². The second-order valence-corrected chi connectivity index (χ2v) is 6.28. The van der Waals surface area contributed by atoms with Crippen LogP contribution in [0.3, 0.4) is 0 Å². The van der Waals surface area contributed by atoms with E-state index < -0.39 is 0 Å². The number of hydrogen-bond acceptors (Lipinski definition) is 3. The van der Waals surface area contributed by atoms with E-state index in [-0.39, 0.29) is 24.8 Å². The highest BCUT2D eigenvalue weighted by molar-refractivity contribution is 6.32. The number of halogens is 3. The highest BCUT2D eigenvalue weighted by Crippen LogP contribution is 2.23. The van der Waals surface area contributed by atoms with Crippen molar-refractivity contribution in [2.45, 2.75) is 13.0 Å². The van der Waals surface area contributed by atoms with Crippen LogP contribution in [0.4, 0.5) is 0 Å². The van der Waals surface area contributed by atoms with Gasteiger partial charge in [-0.1, -0.05) is 48.0 Å². The van der Waals surface area contributed by atoms with Crippen LogP contribution >= 0.6 is 36.4 Å². The number of nitrogens with one attached hydrogen (secondary N) is 1. The van der Waals surface area contributed by atoms with E-state index in [1.54, 1.807) is 0 Å². The van der Waals surface area contributed by atoms with Crippen molar-refractivity contribution in [3.8, 4) is 5.75 Å². The quantitative estimate of drug-likeness (QED) is 0.782. The normalized spacial score (nSPS) is 14.3. The highest BCUT2D eigenvalue weighted by atomic mass is 35.5. The van der Waals surface area contributed by atoms with Crippen molar-refractivity contribution in [1.29, 1.82) is 0 Å². The van der Waals surface area contributed by atoms with Gasteiger partial charge in [0.2, 0.25) is 0 Å². The van der Waals surface area contributed by atoms with Crippen molar-refractivity contribution < 1.29 is 4.74 Å². The fourth-order valence-electron chi connectivity index (χ4n) is 2.78.